The molecule has 0 spiro atoms. The van der Waals surface area contributed by atoms with Crippen LogP contribution in [-0.2, 0) is 65.4 Å². The molecule has 0 radical (unpaired) electrons. The van der Waals surface area contributed by atoms with Crippen LogP contribution in [0.5, 0.6) is 0 Å². The number of hydrogen-bond acceptors (Lipinski definition) is 15. The molecule has 0 rings (SSSR count). The predicted molar refractivity (Wildman–Crippen MR) is 391 cm³/mol. The quantitative estimate of drug-likeness (QED) is 0.0222. The lowest BCUT2D eigenvalue weighted by molar-refractivity contribution is -0.161. The summed E-state index contributed by atoms with van der Waals surface area (Å²) in [5, 5.41) is 10.6. The van der Waals surface area contributed by atoms with E-state index < -0.39 is 97.5 Å². The first-order valence-corrected chi connectivity index (χ1v) is 43.0. The van der Waals surface area contributed by atoms with Crippen LogP contribution in [0.15, 0.2) is 0 Å². The highest BCUT2D eigenvalue weighted by atomic mass is 31.2. The van der Waals surface area contributed by atoms with E-state index in [0.29, 0.717) is 31.6 Å². The number of phosphoric ester groups is 2. The Balaban J connectivity index is 5.18. The van der Waals surface area contributed by atoms with Gasteiger partial charge in [0.1, 0.15) is 19.3 Å². The molecule has 0 aliphatic rings. The van der Waals surface area contributed by atoms with Crippen molar-refractivity contribution in [1.29, 1.82) is 0 Å². The normalized spacial score (nSPS) is 14.3. The monoisotopic (exact) mass is 1410 g/mol. The van der Waals surface area contributed by atoms with Gasteiger partial charge < -0.3 is 33.8 Å². The molecule has 0 aromatic rings. The minimum atomic E-state index is -4.96. The van der Waals surface area contributed by atoms with Gasteiger partial charge in [0.2, 0.25) is 0 Å². The van der Waals surface area contributed by atoms with Gasteiger partial charge >= 0.3 is 39.5 Å². The van der Waals surface area contributed by atoms with Gasteiger partial charge in [-0.2, -0.15) is 0 Å². The number of aliphatic hydroxyl groups is 1. The highest BCUT2D eigenvalue weighted by molar-refractivity contribution is 7.47. The number of rotatable bonds is 76. The second kappa shape index (κ2) is 68.8. The second-order valence-electron chi connectivity index (χ2n) is 28.5. The molecule has 0 saturated carbocycles. The molecule has 0 amide bonds. The standard InChI is InChI=1S/C77H150O17P2/c1-7-10-12-14-16-18-20-21-22-23-24-25-26-27-28-29-30-32-38-42-50-56-62-77(82)93-72(65-87-74(79)59-53-47-40-36-34-33-35-39-46-52-58-70(6)9-3)67-91-95(83,84)89-63-71(78)64-90-96(85,86)92-68-73(66-88-75(80)60-54-48-44-43-45-51-57-69(4)5)94-76(81)61-55-49-41-37-31-19-17-15-13-11-8-2/h69-73,78H,7-68H2,1-6H3,(H,83,84)(H,85,86)/t70?,71-,72-,73-/m1/s1. The smallest absolute Gasteiger partial charge is 0.462 e. The van der Waals surface area contributed by atoms with Crippen LogP contribution in [0.3, 0.4) is 0 Å². The molecule has 0 aliphatic heterocycles. The molecule has 0 aromatic carbocycles. The maximum atomic E-state index is 13.1. The van der Waals surface area contributed by atoms with E-state index in [1.165, 1.54) is 212 Å². The van der Waals surface area contributed by atoms with E-state index in [1.807, 2.05) is 0 Å². The molecule has 0 heterocycles. The first-order valence-electron chi connectivity index (χ1n) is 40.0. The van der Waals surface area contributed by atoms with Crippen molar-refractivity contribution < 1.29 is 80.2 Å². The van der Waals surface area contributed by atoms with Crippen LogP contribution in [0, 0.1) is 11.8 Å². The molecule has 19 heteroatoms. The maximum Gasteiger partial charge on any atom is 0.472 e. The molecule has 0 aromatic heterocycles. The van der Waals surface area contributed by atoms with Crippen molar-refractivity contribution in [3.8, 4) is 0 Å². The Labute approximate surface area is 588 Å². The van der Waals surface area contributed by atoms with E-state index in [9.17, 15) is 43.2 Å². The van der Waals surface area contributed by atoms with E-state index in [1.54, 1.807) is 0 Å². The summed E-state index contributed by atoms with van der Waals surface area (Å²) in [5.74, 6) is -0.629. The molecule has 3 unspecified atom stereocenters. The van der Waals surface area contributed by atoms with Crippen LogP contribution in [0.4, 0.5) is 0 Å². The lowest BCUT2D eigenvalue weighted by atomic mass is 9.99. The van der Waals surface area contributed by atoms with Gasteiger partial charge in [-0.3, -0.25) is 37.3 Å². The largest absolute Gasteiger partial charge is 0.472 e. The van der Waals surface area contributed by atoms with Crippen molar-refractivity contribution in [1.82, 2.24) is 0 Å². The summed E-state index contributed by atoms with van der Waals surface area (Å²) in [6, 6.07) is 0. The van der Waals surface area contributed by atoms with Crippen LogP contribution in [0.2, 0.25) is 0 Å². The zero-order valence-electron chi connectivity index (χ0n) is 62.7. The number of carbonyl (C=O) groups is 4. The topological polar surface area (TPSA) is 237 Å². The fraction of sp³-hybridized carbons (Fsp3) is 0.948. The summed E-state index contributed by atoms with van der Waals surface area (Å²) < 4.78 is 68.5. The summed E-state index contributed by atoms with van der Waals surface area (Å²) in [7, 11) is -9.91. The Morgan fingerprint density at radius 2 is 0.531 bits per heavy atom. The zero-order chi connectivity index (χ0) is 70.7. The molecule has 3 N–H and O–H groups in total. The Bertz CT molecular complexity index is 1860. The van der Waals surface area contributed by atoms with E-state index in [4.69, 9.17) is 37.0 Å². The van der Waals surface area contributed by atoms with Gasteiger partial charge in [-0.1, -0.05) is 350 Å². The number of carbonyl (C=O) groups excluding carboxylic acids is 4. The van der Waals surface area contributed by atoms with Gasteiger partial charge in [0.15, 0.2) is 12.2 Å². The molecule has 0 saturated heterocycles. The maximum absolute atomic E-state index is 13.1. The Hall–Kier alpha value is -1.94. The highest BCUT2D eigenvalue weighted by Gasteiger charge is 2.30. The van der Waals surface area contributed by atoms with E-state index >= 15 is 0 Å². The van der Waals surface area contributed by atoms with Crippen LogP contribution in [0.25, 0.3) is 0 Å². The Morgan fingerprint density at radius 1 is 0.302 bits per heavy atom. The van der Waals surface area contributed by atoms with Crippen molar-refractivity contribution in [3.63, 3.8) is 0 Å². The molecule has 17 nitrogen and oxygen atoms in total. The fourth-order valence-corrected chi connectivity index (χ4v) is 13.4. The van der Waals surface area contributed by atoms with Gasteiger partial charge in [0.25, 0.3) is 0 Å². The molecule has 0 bridgehead atoms. The van der Waals surface area contributed by atoms with Gasteiger partial charge in [0, 0.05) is 25.7 Å². The predicted octanol–water partition coefficient (Wildman–Crippen LogP) is 22.7. The molecule has 6 atom stereocenters. The molecule has 96 heavy (non-hydrogen) atoms. The summed E-state index contributed by atoms with van der Waals surface area (Å²) in [5.41, 5.74) is 0. The van der Waals surface area contributed by atoms with Crippen molar-refractivity contribution in [2.45, 2.75) is 419 Å². The second-order valence-corrected chi connectivity index (χ2v) is 31.4. The summed E-state index contributed by atoms with van der Waals surface area (Å²) in [4.78, 5) is 72.7. The van der Waals surface area contributed by atoms with Crippen molar-refractivity contribution >= 4 is 39.5 Å². The summed E-state index contributed by atoms with van der Waals surface area (Å²) in [6.45, 7) is 9.53. The minimum Gasteiger partial charge on any atom is -0.462 e. The number of hydrogen-bond donors (Lipinski definition) is 3. The molecule has 570 valence electrons. The third-order valence-electron chi connectivity index (χ3n) is 18.3. The van der Waals surface area contributed by atoms with E-state index in [0.717, 1.165) is 102 Å². The van der Waals surface area contributed by atoms with Gasteiger partial charge in [-0.15, -0.1) is 0 Å². The first-order chi connectivity index (χ1) is 46.4. The van der Waals surface area contributed by atoms with Gasteiger partial charge in [-0.05, 0) is 37.5 Å². The average molecular weight is 1410 g/mol. The third-order valence-corrected chi connectivity index (χ3v) is 20.2. The Kier molecular flexibility index (Phi) is 67.4. The number of ether oxygens (including phenoxy) is 4. The van der Waals surface area contributed by atoms with Crippen molar-refractivity contribution in [2.24, 2.45) is 11.8 Å². The molecular formula is C77H150O17P2. The van der Waals surface area contributed by atoms with E-state index in [-0.39, 0.29) is 25.7 Å². The van der Waals surface area contributed by atoms with Crippen molar-refractivity contribution in [2.75, 3.05) is 39.6 Å². The number of aliphatic hydroxyl groups excluding tert-OH is 1. The number of esters is 4. The van der Waals surface area contributed by atoms with Crippen LogP contribution >= 0.6 is 15.6 Å². The Morgan fingerprint density at radius 3 is 0.792 bits per heavy atom. The van der Waals surface area contributed by atoms with Crippen LogP contribution in [-0.4, -0.2) is 96.7 Å². The lowest BCUT2D eigenvalue weighted by Crippen LogP contribution is -2.30. The molecular weight excluding hydrogens is 1260 g/mol. The minimum absolute atomic E-state index is 0.106. The number of phosphoric acid groups is 2. The lowest BCUT2D eigenvalue weighted by Gasteiger charge is -2.21. The van der Waals surface area contributed by atoms with Gasteiger partial charge in [0.05, 0.1) is 26.4 Å². The first kappa shape index (κ1) is 94.1. The molecule has 0 fully saturated rings. The fourth-order valence-electron chi connectivity index (χ4n) is 11.8. The van der Waals surface area contributed by atoms with Crippen molar-refractivity contribution in [3.05, 3.63) is 0 Å². The summed E-state index contributed by atoms with van der Waals surface area (Å²) >= 11 is 0. The summed E-state index contributed by atoms with van der Waals surface area (Å²) in [6.07, 6.45) is 57.1. The van der Waals surface area contributed by atoms with Gasteiger partial charge in [-0.25, -0.2) is 9.13 Å². The van der Waals surface area contributed by atoms with E-state index in [2.05, 4.69) is 41.5 Å². The average Bonchev–Trinajstić information content (AvgIpc) is 1.14. The third kappa shape index (κ3) is 69.2. The molecule has 0 aliphatic carbocycles. The SMILES string of the molecule is CCCCCCCCCCCCCCCCCCCCCCCCC(=O)O[C@H](COC(=O)CCCCCCCCCCCCC(C)CC)COP(=O)(O)OC[C@@H](O)COP(=O)(O)OC[C@@H](COC(=O)CCCCCCCCC(C)C)OC(=O)CCCCCCCCCCCCC. The zero-order valence-corrected chi connectivity index (χ0v) is 64.5. The van der Waals surface area contributed by atoms with Crippen LogP contribution in [0.1, 0.15) is 401 Å². The number of unbranched alkanes of at least 4 members (excludes halogenated alkanes) is 45. The highest BCUT2D eigenvalue weighted by Crippen LogP contribution is 2.45. The van der Waals surface area contributed by atoms with Crippen LogP contribution < -0.4 is 0 Å².